The number of aromatic nitrogens is 2. The third-order valence-electron chi connectivity index (χ3n) is 5.48. The lowest BCUT2D eigenvalue weighted by Crippen LogP contribution is -2.30. The molecule has 34 heavy (non-hydrogen) atoms. The number of nitrogens with zero attached hydrogens (tertiary/aromatic N) is 3. The van der Waals surface area contributed by atoms with Gasteiger partial charge in [0.1, 0.15) is 11.5 Å². The zero-order chi connectivity index (χ0) is 23.3. The molecular weight excluding hydrogens is 442 g/mol. The molecule has 2 heterocycles. The summed E-state index contributed by atoms with van der Waals surface area (Å²) in [6, 6.07) is 26.9. The Labute approximate surface area is 202 Å². The normalized spacial score (nSPS) is 10.9. The fourth-order valence-electron chi connectivity index (χ4n) is 3.69. The lowest BCUT2D eigenvalue weighted by Gasteiger charge is -2.21. The molecule has 0 saturated heterocycles. The highest BCUT2D eigenvalue weighted by Gasteiger charge is 2.25. The van der Waals surface area contributed by atoms with Gasteiger partial charge in [0.25, 0.3) is 5.91 Å². The van der Waals surface area contributed by atoms with E-state index in [9.17, 15) is 4.79 Å². The van der Waals surface area contributed by atoms with Crippen LogP contribution in [-0.2, 0) is 13.0 Å². The molecule has 3 aromatic carbocycles. The minimum absolute atomic E-state index is 0.176. The number of pyridine rings is 1. The monoisotopic (exact) mass is 465 g/mol. The van der Waals surface area contributed by atoms with Crippen molar-refractivity contribution in [3.05, 3.63) is 114 Å². The maximum Gasteiger partial charge on any atom is 0.264 e. The van der Waals surface area contributed by atoms with Crippen LogP contribution in [-0.4, -0.2) is 15.9 Å². The predicted octanol–water partition coefficient (Wildman–Crippen LogP) is 6.89. The van der Waals surface area contributed by atoms with Crippen LogP contribution in [0.2, 0.25) is 0 Å². The molecule has 5 rings (SSSR count). The quantitative estimate of drug-likeness (QED) is 0.262. The van der Waals surface area contributed by atoms with E-state index in [4.69, 9.17) is 9.72 Å². The maximum absolute atomic E-state index is 14.0. The number of benzene rings is 3. The molecule has 5 nitrogen and oxygen atoms in total. The highest BCUT2D eigenvalue weighted by molar-refractivity contribution is 7.22. The van der Waals surface area contributed by atoms with E-state index in [1.54, 1.807) is 23.4 Å². The number of fused-ring (bicyclic) bond motifs is 1. The van der Waals surface area contributed by atoms with Crippen LogP contribution >= 0.6 is 11.3 Å². The summed E-state index contributed by atoms with van der Waals surface area (Å²) in [5.41, 5.74) is 3.53. The smallest absolute Gasteiger partial charge is 0.264 e. The Morgan fingerprint density at radius 3 is 2.56 bits per heavy atom. The lowest BCUT2D eigenvalue weighted by atomic mass is 10.1. The van der Waals surface area contributed by atoms with Crippen LogP contribution in [0.25, 0.3) is 10.2 Å². The highest BCUT2D eigenvalue weighted by Crippen LogP contribution is 2.33. The minimum Gasteiger partial charge on any atom is -0.457 e. The first-order valence-corrected chi connectivity index (χ1v) is 11.9. The average Bonchev–Trinajstić information content (AvgIpc) is 3.31. The first kappa shape index (κ1) is 21.8. The summed E-state index contributed by atoms with van der Waals surface area (Å²) >= 11 is 1.52. The molecule has 168 valence electrons. The molecule has 6 heteroatoms. The van der Waals surface area contributed by atoms with E-state index in [2.05, 4.69) is 24.0 Å². The Morgan fingerprint density at radius 1 is 0.941 bits per heavy atom. The predicted molar refractivity (Wildman–Crippen MR) is 137 cm³/mol. The van der Waals surface area contributed by atoms with Gasteiger partial charge in [-0.25, -0.2) is 4.98 Å². The van der Waals surface area contributed by atoms with Gasteiger partial charge in [0, 0.05) is 12.4 Å². The Bertz CT molecular complexity index is 1420. The number of hydrogen-bond donors (Lipinski definition) is 0. The first-order chi connectivity index (χ1) is 16.7. The van der Waals surface area contributed by atoms with Gasteiger partial charge in [-0.2, -0.15) is 0 Å². The second-order valence-electron chi connectivity index (χ2n) is 7.82. The molecule has 0 atom stereocenters. The summed E-state index contributed by atoms with van der Waals surface area (Å²) in [7, 11) is 0. The van der Waals surface area contributed by atoms with Crippen molar-refractivity contribution < 1.29 is 9.53 Å². The number of rotatable bonds is 7. The Morgan fingerprint density at radius 2 is 1.76 bits per heavy atom. The van der Waals surface area contributed by atoms with Crippen LogP contribution in [0.15, 0.2) is 97.3 Å². The molecule has 0 unspecified atom stereocenters. The van der Waals surface area contributed by atoms with Crippen molar-refractivity contribution in [2.75, 3.05) is 4.90 Å². The fraction of sp³-hybridized carbons (Fsp3) is 0.107. The number of anilines is 1. The molecular formula is C28H23N3O2S. The van der Waals surface area contributed by atoms with Crippen LogP contribution in [0.3, 0.4) is 0 Å². The SMILES string of the molecule is CCc1ccc2nc(N(Cc3cccnc3)C(=O)c3ccccc3Oc3ccccc3)sc2c1. The van der Waals surface area contributed by atoms with Gasteiger partial charge in [-0.1, -0.05) is 60.7 Å². The average molecular weight is 466 g/mol. The molecule has 5 aromatic rings. The van der Waals surface area contributed by atoms with Gasteiger partial charge in [-0.3, -0.25) is 14.7 Å². The van der Waals surface area contributed by atoms with Crippen LogP contribution in [0.1, 0.15) is 28.4 Å². The molecule has 2 aromatic heterocycles. The number of ether oxygens (including phenoxy) is 1. The van der Waals surface area contributed by atoms with E-state index in [0.29, 0.717) is 28.7 Å². The summed E-state index contributed by atoms with van der Waals surface area (Å²) in [6.07, 6.45) is 4.45. The summed E-state index contributed by atoms with van der Waals surface area (Å²) in [5.74, 6) is 1.00. The second-order valence-corrected chi connectivity index (χ2v) is 8.83. The number of carbonyl (C=O) groups is 1. The standard InChI is InChI=1S/C28H23N3O2S/c1-2-20-14-15-24-26(17-20)34-28(30-24)31(19-21-9-8-16-29-18-21)27(32)23-12-6-7-13-25(23)33-22-10-4-3-5-11-22/h3-18H,2,19H2,1H3. The molecule has 0 aliphatic rings. The van der Waals surface area contributed by atoms with Crippen molar-refractivity contribution in [3.63, 3.8) is 0 Å². The van der Waals surface area contributed by atoms with Crippen molar-refractivity contribution in [3.8, 4) is 11.5 Å². The molecule has 0 bridgehead atoms. The highest BCUT2D eigenvalue weighted by atomic mass is 32.1. The van der Waals surface area contributed by atoms with Crippen molar-refractivity contribution in [1.82, 2.24) is 9.97 Å². The summed E-state index contributed by atoms with van der Waals surface area (Å²) in [5, 5.41) is 0.645. The number of para-hydroxylation sites is 2. The van der Waals surface area contributed by atoms with Crippen molar-refractivity contribution in [1.29, 1.82) is 0 Å². The van der Waals surface area contributed by atoms with Gasteiger partial charge < -0.3 is 4.74 Å². The Hall–Kier alpha value is -4.03. The van der Waals surface area contributed by atoms with Crippen LogP contribution < -0.4 is 9.64 Å². The summed E-state index contributed by atoms with van der Waals surface area (Å²) in [6.45, 7) is 2.48. The lowest BCUT2D eigenvalue weighted by molar-refractivity contribution is 0.0983. The van der Waals surface area contributed by atoms with Crippen LogP contribution in [0, 0.1) is 0 Å². The number of thiazole rings is 1. The van der Waals surface area contributed by atoms with Gasteiger partial charge >= 0.3 is 0 Å². The van der Waals surface area contributed by atoms with Gasteiger partial charge in [0.15, 0.2) is 5.13 Å². The van der Waals surface area contributed by atoms with E-state index in [1.165, 1.54) is 16.9 Å². The van der Waals surface area contributed by atoms with E-state index < -0.39 is 0 Å². The van der Waals surface area contributed by atoms with E-state index in [-0.39, 0.29) is 5.91 Å². The van der Waals surface area contributed by atoms with Crippen molar-refractivity contribution >= 4 is 32.6 Å². The number of aryl methyl sites for hydroxylation is 1. The van der Waals surface area contributed by atoms with Crippen molar-refractivity contribution in [2.24, 2.45) is 0 Å². The summed E-state index contributed by atoms with van der Waals surface area (Å²) in [4.78, 5) is 24.7. The molecule has 1 amide bonds. The molecule has 0 N–H and O–H groups in total. The van der Waals surface area contributed by atoms with E-state index >= 15 is 0 Å². The number of hydrogen-bond acceptors (Lipinski definition) is 5. The van der Waals surface area contributed by atoms with E-state index in [0.717, 1.165) is 22.2 Å². The largest absolute Gasteiger partial charge is 0.457 e. The van der Waals surface area contributed by atoms with E-state index in [1.807, 2.05) is 66.7 Å². The van der Waals surface area contributed by atoms with Gasteiger partial charge in [-0.05, 0) is 60.0 Å². The fourth-order valence-corrected chi connectivity index (χ4v) is 4.71. The maximum atomic E-state index is 14.0. The summed E-state index contributed by atoms with van der Waals surface area (Å²) < 4.78 is 7.14. The number of amides is 1. The molecule has 0 aliphatic heterocycles. The molecule has 0 radical (unpaired) electrons. The van der Waals surface area contributed by atoms with Crippen LogP contribution in [0.4, 0.5) is 5.13 Å². The molecule has 0 fully saturated rings. The third-order valence-corrected chi connectivity index (χ3v) is 6.52. The second kappa shape index (κ2) is 9.85. The zero-order valence-electron chi connectivity index (χ0n) is 18.7. The molecule has 0 saturated carbocycles. The minimum atomic E-state index is -0.176. The van der Waals surface area contributed by atoms with Gasteiger partial charge in [-0.15, -0.1) is 0 Å². The van der Waals surface area contributed by atoms with Gasteiger partial charge in [0.05, 0.1) is 22.3 Å². The first-order valence-electron chi connectivity index (χ1n) is 11.1. The van der Waals surface area contributed by atoms with Crippen molar-refractivity contribution in [2.45, 2.75) is 19.9 Å². The number of carbonyl (C=O) groups excluding carboxylic acids is 1. The van der Waals surface area contributed by atoms with Gasteiger partial charge in [0.2, 0.25) is 0 Å². The third kappa shape index (κ3) is 4.67. The topological polar surface area (TPSA) is 55.3 Å². The zero-order valence-corrected chi connectivity index (χ0v) is 19.5. The molecule has 0 aliphatic carbocycles. The van der Waals surface area contributed by atoms with Crippen LogP contribution in [0.5, 0.6) is 11.5 Å². The Kier molecular flexibility index (Phi) is 6.31. The Balaban J connectivity index is 1.55. The molecule has 0 spiro atoms.